The highest BCUT2D eigenvalue weighted by molar-refractivity contribution is 7.80. The van der Waals surface area contributed by atoms with Gasteiger partial charge in [0.2, 0.25) is 0 Å². The molecule has 196 valence electrons. The van der Waals surface area contributed by atoms with E-state index in [1.165, 1.54) is 5.56 Å². The molecule has 5 aromatic rings. The van der Waals surface area contributed by atoms with Crippen LogP contribution in [-0.4, -0.2) is 26.8 Å². The maximum Gasteiger partial charge on any atom is 0.193 e. The van der Waals surface area contributed by atoms with Gasteiger partial charge in [0.25, 0.3) is 0 Å². The quantitative estimate of drug-likeness (QED) is 0.219. The van der Waals surface area contributed by atoms with Crippen molar-refractivity contribution >= 4 is 34.4 Å². The van der Waals surface area contributed by atoms with E-state index in [2.05, 4.69) is 44.7 Å². The number of anilines is 1. The summed E-state index contributed by atoms with van der Waals surface area (Å²) in [6.45, 7) is 4.26. The Morgan fingerprint density at radius 2 is 1.62 bits per heavy atom. The molecule has 0 aliphatic carbocycles. The number of hydrogen-bond donors (Lipinski definition) is 1. The number of pyridine rings is 1. The molecule has 2 atom stereocenters. The second-order valence-electron chi connectivity index (χ2n) is 9.24. The summed E-state index contributed by atoms with van der Waals surface area (Å²) in [6, 6.07) is 23.5. The molecule has 1 aliphatic rings. The van der Waals surface area contributed by atoms with E-state index < -0.39 is 0 Å². The van der Waals surface area contributed by atoms with Crippen molar-refractivity contribution < 1.29 is 9.47 Å². The summed E-state index contributed by atoms with van der Waals surface area (Å²) in [4.78, 5) is 11.4. The number of hydrogen-bond acceptors (Lipinski definition) is 6. The van der Waals surface area contributed by atoms with Crippen molar-refractivity contribution in [3.63, 3.8) is 0 Å². The van der Waals surface area contributed by atoms with E-state index >= 15 is 0 Å². The Balaban J connectivity index is 1.37. The van der Waals surface area contributed by atoms with Crippen molar-refractivity contribution in [1.82, 2.24) is 19.9 Å². The normalized spacial score (nSPS) is 16.8. The van der Waals surface area contributed by atoms with Crippen molar-refractivity contribution in [1.29, 1.82) is 0 Å². The molecule has 39 heavy (non-hydrogen) atoms. The molecule has 0 spiro atoms. The molecule has 1 N–H and O–H groups in total. The third-order valence-electron chi connectivity index (χ3n) is 6.91. The number of aromatic nitrogens is 3. The predicted octanol–water partition coefficient (Wildman–Crippen LogP) is 6.92. The van der Waals surface area contributed by atoms with Crippen LogP contribution in [0.3, 0.4) is 0 Å². The maximum atomic E-state index is 6.06. The minimum absolute atomic E-state index is 0.110. The van der Waals surface area contributed by atoms with E-state index in [4.69, 9.17) is 21.7 Å². The number of nitrogens with zero attached hydrogens (tertiary/aromatic N) is 4. The molecule has 6 rings (SSSR count). The summed E-state index contributed by atoms with van der Waals surface area (Å²) >= 11 is 7.55. The monoisotopic (exact) mass is 553 g/mol. The van der Waals surface area contributed by atoms with Gasteiger partial charge in [0.15, 0.2) is 10.2 Å². The molecular weight excluding hydrogens is 526 g/mol. The summed E-state index contributed by atoms with van der Waals surface area (Å²) < 4.78 is 13.5. The first-order valence-corrected chi connectivity index (χ1v) is 13.8. The molecule has 9 heteroatoms. The van der Waals surface area contributed by atoms with Crippen LogP contribution in [0.4, 0.5) is 5.69 Å². The number of ether oxygens (including phenoxy) is 2. The SMILES string of the molecule is COc1ccc(Oc2ccc(N3C(=S)N[C@H](c4ccccn4)[C@H]3c3cc(C)n(-c4nccs4)c3C)cc2)cc1. The zero-order chi connectivity index (χ0) is 26.9. The Bertz CT molecular complexity index is 1580. The lowest BCUT2D eigenvalue weighted by Gasteiger charge is -2.28. The molecule has 7 nitrogen and oxygen atoms in total. The Kier molecular flexibility index (Phi) is 6.76. The van der Waals surface area contributed by atoms with E-state index in [0.29, 0.717) is 5.11 Å². The fourth-order valence-electron chi connectivity index (χ4n) is 5.11. The Labute approximate surface area is 236 Å². The number of aryl methyl sites for hydroxylation is 1. The maximum absolute atomic E-state index is 6.06. The molecule has 1 aliphatic heterocycles. The minimum Gasteiger partial charge on any atom is -0.497 e. The van der Waals surface area contributed by atoms with Gasteiger partial charge in [-0.15, -0.1) is 11.3 Å². The van der Waals surface area contributed by atoms with Crippen LogP contribution >= 0.6 is 23.6 Å². The molecule has 0 bridgehead atoms. The third-order valence-corrected chi connectivity index (χ3v) is 7.98. The highest BCUT2D eigenvalue weighted by Gasteiger charge is 2.42. The summed E-state index contributed by atoms with van der Waals surface area (Å²) in [6.07, 6.45) is 3.66. The van der Waals surface area contributed by atoms with Crippen LogP contribution in [0, 0.1) is 13.8 Å². The van der Waals surface area contributed by atoms with Crippen LogP contribution < -0.4 is 19.7 Å². The molecule has 0 amide bonds. The second-order valence-corrected chi connectivity index (χ2v) is 10.5. The second kappa shape index (κ2) is 10.5. The van der Waals surface area contributed by atoms with Gasteiger partial charge in [0.1, 0.15) is 17.2 Å². The van der Waals surface area contributed by atoms with Crippen molar-refractivity contribution in [2.45, 2.75) is 25.9 Å². The molecule has 1 fully saturated rings. The first-order chi connectivity index (χ1) is 19.0. The Morgan fingerprint density at radius 1 is 0.897 bits per heavy atom. The largest absolute Gasteiger partial charge is 0.497 e. The molecular formula is C30H27N5O2S2. The van der Waals surface area contributed by atoms with E-state index in [-0.39, 0.29) is 12.1 Å². The predicted molar refractivity (Wildman–Crippen MR) is 158 cm³/mol. The molecule has 0 radical (unpaired) electrons. The van der Waals surface area contributed by atoms with Crippen molar-refractivity contribution in [2.24, 2.45) is 0 Å². The van der Waals surface area contributed by atoms with Crippen LogP contribution in [0.5, 0.6) is 17.2 Å². The van der Waals surface area contributed by atoms with E-state index in [9.17, 15) is 0 Å². The summed E-state index contributed by atoms with van der Waals surface area (Å²) in [5.74, 6) is 2.27. The average molecular weight is 554 g/mol. The van der Waals surface area contributed by atoms with Gasteiger partial charge in [-0.25, -0.2) is 4.98 Å². The lowest BCUT2D eigenvalue weighted by Crippen LogP contribution is -2.29. The number of methoxy groups -OCH3 is 1. The number of thiocarbonyl (C=S) groups is 1. The zero-order valence-corrected chi connectivity index (χ0v) is 23.4. The number of thiazole rings is 1. The highest BCUT2D eigenvalue weighted by atomic mass is 32.1. The van der Waals surface area contributed by atoms with E-state index in [0.717, 1.165) is 45.1 Å². The van der Waals surface area contributed by atoms with Crippen molar-refractivity contribution in [3.05, 3.63) is 113 Å². The molecule has 0 saturated carbocycles. The third kappa shape index (κ3) is 4.75. The van der Waals surface area contributed by atoms with Gasteiger partial charge in [-0.05, 0) is 98.4 Å². The van der Waals surface area contributed by atoms with E-state index in [1.807, 2.05) is 84.5 Å². The molecule has 3 aromatic heterocycles. The first kappa shape index (κ1) is 25.1. The van der Waals surface area contributed by atoms with Crippen LogP contribution in [0.1, 0.15) is 34.7 Å². The van der Waals surface area contributed by atoms with Gasteiger partial charge in [-0.2, -0.15) is 0 Å². The summed E-state index contributed by atoms with van der Waals surface area (Å²) in [7, 11) is 1.65. The number of benzene rings is 2. The minimum atomic E-state index is -0.126. The molecule has 2 aromatic carbocycles. The van der Waals surface area contributed by atoms with Gasteiger partial charge in [-0.3, -0.25) is 9.55 Å². The Hall–Kier alpha value is -4.21. The first-order valence-electron chi connectivity index (χ1n) is 12.5. The average Bonchev–Trinajstić information content (AvgIpc) is 3.68. The van der Waals surface area contributed by atoms with Gasteiger partial charge in [-0.1, -0.05) is 6.07 Å². The lowest BCUT2D eigenvalue weighted by atomic mass is 9.96. The molecule has 0 unspecified atom stereocenters. The standard InChI is InChI=1S/C30H27N5O2S2/c1-19-18-25(20(2)34(19)30-32-16-17-39-30)28-27(26-6-4-5-15-31-26)33-29(38)35(28)21-7-9-23(10-8-21)37-24-13-11-22(36-3)12-14-24/h4-18,27-28H,1-3H3,(H,33,38)/t27-,28-/m1/s1. The van der Waals surface area contributed by atoms with Gasteiger partial charge < -0.3 is 19.7 Å². The van der Waals surface area contributed by atoms with E-state index in [1.54, 1.807) is 18.4 Å². The van der Waals surface area contributed by atoms with Gasteiger partial charge in [0.05, 0.1) is 24.9 Å². The lowest BCUT2D eigenvalue weighted by molar-refractivity contribution is 0.413. The smallest absolute Gasteiger partial charge is 0.193 e. The van der Waals surface area contributed by atoms with Gasteiger partial charge >= 0.3 is 0 Å². The summed E-state index contributed by atoms with van der Waals surface area (Å²) in [5, 5.41) is 7.15. The molecule has 1 saturated heterocycles. The van der Waals surface area contributed by atoms with Crippen LogP contribution in [0.2, 0.25) is 0 Å². The topological polar surface area (TPSA) is 64.4 Å². The summed E-state index contributed by atoms with van der Waals surface area (Å²) in [5.41, 5.74) is 5.33. The van der Waals surface area contributed by atoms with Crippen molar-refractivity contribution in [3.8, 4) is 22.4 Å². The van der Waals surface area contributed by atoms with Crippen LogP contribution in [0.25, 0.3) is 5.13 Å². The van der Waals surface area contributed by atoms with Crippen LogP contribution in [0.15, 0.2) is 90.6 Å². The molecule has 4 heterocycles. The van der Waals surface area contributed by atoms with Gasteiger partial charge in [0, 0.05) is 34.8 Å². The zero-order valence-electron chi connectivity index (χ0n) is 21.7. The number of rotatable bonds is 7. The fourth-order valence-corrected chi connectivity index (χ4v) is 6.21. The van der Waals surface area contributed by atoms with Crippen LogP contribution in [-0.2, 0) is 0 Å². The fraction of sp³-hybridized carbons (Fsp3) is 0.167. The van der Waals surface area contributed by atoms with Crippen molar-refractivity contribution in [2.75, 3.05) is 12.0 Å². The Morgan fingerprint density at radius 3 is 2.26 bits per heavy atom. The number of nitrogens with one attached hydrogen (secondary N) is 1. The highest BCUT2D eigenvalue weighted by Crippen LogP contribution is 2.44.